The van der Waals surface area contributed by atoms with Gasteiger partial charge in [0.1, 0.15) is 0 Å². The van der Waals surface area contributed by atoms with E-state index in [2.05, 4.69) is 41.1 Å². The highest BCUT2D eigenvalue weighted by molar-refractivity contribution is 5.46. The Kier molecular flexibility index (Phi) is 3.80. The fraction of sp³-hybridized carbons (Fsp3) is 0.538. The topological polar surface area (TPSA) is 26.7 Å². The molecule has 1 atom stereocenters. The fourth-order valence-electron chi connectivity index (χ4n) is 2.25. The summed E-state index contributed by atoms with van der Waals surface area (Å²) in [5.41, 5.74) is 1.26. The summed E-state index contributed by atoms with van der Waals surface area (Å²) in [5.74, 6) is 0. The molecule has 1 fully saturated rings. The Bertz CT molecular complexity index is 315. The normalized spacial score (nSPS) is 23.1. The van der Waals surface area contributed by atoms with Crippen molar-refractivity contribution in [1.82, 2.24) is 4.90 Å². The van der Waals surface area contributed by atoms with Gasteiger partial charge in [0.05, 0.1) is 6.61 Å². The summed E-state index contributed by atoms with van der Waals surface area (Å²) in [7, 11) is 2.09. The van der Waals surface area contributed by atoms with Gasteiger partial charge in [-0.2, -0.15) is 0 Å². The van der Waals surface area contributed by atoms with Gasteiger partial charge in [-0.05, 0) is 32.1 Å². The lowest BCUT2D eigenvalue weighted by Gasteiger charge is -2.28. The van der Waals surface area contributed by atoms with Crippen molar-refractivity contribution >= 4 is 5.69 Å². The molecule has 1 aliphatic rings. The number of aliphatic hydroxyl groups excluding tert-OH is 1. The Labute approximate surface area is 97.3 Å². The summed E-state index contributed by atoms with van der Waals surface area (Å²) < 4.78 is 0. The highest BCUT2D eigenvalue weighted by Crippen LogP contribution is 2.17. The molecule has 1 aliphatic heterocycles. The number of benzene rings is 1. The van der Waals surface area contributed by atoms with Crippen LogP contribution in [0, 0.1) is 0 Å². The minimum absolute atomic E-state index is 0.236. The van der Waals surface area contributed by atoms with E-state index in [4.69, 9.17) is 0 Å². The molecule has 1 aromatic rings. The van der Waals surface area contributed by atoms with E-state index < -0.39 is 0 Å². The summed E-state index contributed by atoms with van der Waals surface area (Å²) in [4.78, 5) is 4.62. The van der Waals surface area contributed by atoms with Crippen LogP contribution in [0.25, 0.3) is 0 Å². The second-order valence-corrected chi connectivity index (χ2v) is 4.45. The molecule has 16 heavy (non-hydrogen) atoms. The first-order valence-electron chi connectivity index (χ1n) is 5.92. The SMILES string of the molecule is CN1CCCN(c2ccccc2)CC1CO. The molecular weight excluding hydrogens is 200 g/mol. The average molecular weight is 220 g/mol. The van der Waals surface area contributed by atoms with E-state index in [1.165, 1.54) is 5.69 Å². The van der Waals surface area contributed by atoms with Gasteiger partial charge in [0, 0.05) is 24.8 Å². The zero-order valence-corrected chi connectivity index (χ0v) is 9.84. The molecule has 1 heterocycles. The highest BCUT2D eigenvalue weighted by Gasteiger charge is 2.21. The molecule has 3 heteroatoms. The number of anilines is 1. The second kappa shape index (κ2) is 5.32. The van der Waals surface area contributed by atoms with Crippen molar-refractivity contribution in [2.24, 2.45) is 0 Å². The van der Waals surface area contributed by atoms with Crippen LogP contribution < -0.4 is 4.90 Å². The number of nitrogens with zero attached hydrogens (tertiary/aromatic N) is 2. The van der Waals surface area contributed by atoms with Gasteiger partial charge in [0.15, 0.2) is 0 Å². The Hall–Kier alpha value is -1.06. The van der Waals surface area contributed by atoms with Crippen LogP contribution in [0.5, 0.6) is 0 Å². The van der Waals surface area contributed by atoms with Crippen LogP contribution in [0.3, 0.4) is 0 Å². The summed E-state index contributed by atoms with van der Waals surface area (Å²) >= 11 is 0. The van der Waals surface area contributed by atoms with Gasteiger partial charge in [-0.3, -0.25) is 4.90 Å². The van der Waals surface area contributed by atoms with E-state index in [1.54, 1.807) is 0 Å². The van der Waals surface area contributed by atoms with E-state index in [1.807, 2.05) is 6.07 Å². The Morgan fingerprint density at radius 3 is 2.69 bits per heavy atom. The summed E-state index contributed by atoms with van der Waals surface area (Å²) in [6.07, 6.45) is 1.15. The molecule has 0 spiro atoms. The standard InChI is InChI=1S/C13H20N2O/c1-14-8-5-9-15(10-13(14)11-16)12-6-3-2-4-7-12/h2-4,6-7,13,16H,5,8-11H2,1H3. The van der Waals surface area contributed by atoms with E-state index in [-0.39, 0.29) is 12.6 Å². The van der Waals surface area contributed by atoms with Gasteiger partial charge < -0.3 is 10.0 Å². The molecule has 0 aliphatic carbocycles. The molecule has 1 unspecified atom stereocenters. The van der Waals surface area contributed by atoms with E-state index >= 15 is 0 Å². The Morgan fingerprint density at radius 2 is 2.00 bits per heavy atom. The van der Waals surface area contributed by atoms with Crippen LogP contribution in [-0.2, 0) is 0 Å². The summed E-state index contributed by atoms with van der Waals surface area (Å²) in [6, 6.07) is 10.7. The van der Waals surface area contributed by atoms with Crippen molar-refractivity contribution < 1.29 is 5.11 Å². The zero-order valence-electron chi connectivity index (χ0n) is 9.84. The molecule has 0 aromatic heterocycles. The van der Waals surface area contributed by atoms with Gasteiger partial charge in [0.2, 0.25) is 0 Å². The number of hydrogen-bond acceptors (Lipinski definition) is 3. The first kappa shape index (κ1) is 11.4. The van der Waals surface area contributed by atoms with Crippen molar-refractivity contribution in [2.75, 3.05) is 38.2 Å². The molecule has 0 amide bonds. The van der Waals surface area contributed by atoms with Crippen LogP contribution in [0.15, 0.2) is 30.3 Å². The predicted molar refractivity (Wildman–Crippen MR) is 66.8 cm³/mol. The maximum atomic E-state index is 9.38. The monoisotopic (exact) mass is 220 g/mol. The Balaban J connectivity index is 2.10. The fourth-order valence-corrected chi connectivity index (χ4v) is 2.25. The second-order valence-electron chi connectivity index (χ2n) is 4.45. The van der Waals surface area contributed by atoms with Crippen molar-refractivity contribution in [3.05, 3.63) is 30.3 Å². The average Bonchev–Trinajstić information content (AvgIpc) is 2.52. The first-order valence-corrected chi connectivity index (χ1v) is 5.92. The van der Waals surface area contributed by atoms with Crippen LogP contribution in [0.2, 0.25) is 0 Å². The summed E-state index contributed by atoms with van der Waals surface area (Å²) in [5, 5.41) is 9.38. The molecule has 0 radical (unpaired) electrons. The van der Waals surface area contributed by atoms with E-state index in [0.29, 0.717) is 0 Å². The third-order valence-corrected chi connectivity index (χ3v) is 3.33. The molecular formula is C13H20N2O. The third kappa shape index (κ3) is 2.54. The largest absolute Gasteiger partial charge is 0.395 e. The van der Waals surface area contributed by atoms with Gasteiger partial charge >= 0.3 is 0 Å². The maximum Gasteiger partial charge on any atom is 0.0603 e. The van der Waals surface area contributed by atoms with Gasteiger partial charge in [-0.25, -0.2) is 0 Å². The Morgan fingerprint density at radius 1 is 1.25 bits per heavy atom. The molecule has 0 bridgehead atoms. The van der Waals surface area contributed by atoms with Gasteiger partial charge in [0.25, 0.3) is 0 Å². The number of rotatable bonds is 2. The smallest absolute Gasteiger partial charge is 0.0603 e. The van der Waals surface area contributed by atoms with Crippen LogP contribution in [0.4, 0.5) is 5.69 Å². The summed E-state index contributed by atoms with van der Waals surface area (Å²) in [6.45, 7) is 3.29. The lowest BCUT2D eigenvalue weighted by atomic mass is 10.2. The number of likely N-dealkylation sites (N-methyl/N-ethyl adjacent to an activating group) is 1. The molecule has 2 rings (SSSR count). The maximum absolute atomic E-state index is 9.38. The van der Waals surface area contributed by atoms with Crippen molar-refractivity contribution in [3.8, 4) is 0 Å². The molecule has 0 saturated carbocycles. The number of hydrogen-bond donors (Lipinski definition) is 1. The van der Waals surface area contributed by atoms with Crippen molar-refractivity contribution in [3.63, 3.8) is 0 Å². The predicted octanol–water partition coefficient (Wildman–Crippen LogP) is 1.19. The molecule has 1 saturated heterocycles. The van der Waals surface area contributed by atoms with Crippen molar-refractivity contribution in [2.45, 2.75) is 12.5 Å². The lowest BCUT2D eigenvalue weighted by Crippen LogP contribution is -2.41. The molecule has 88 valence electrons. The van der Waals surface area contributed by atoms with Crippen LogP contribution in [-0.4, -0.2) is 49.3 Å². The lowest BCUT2D eigenvalue weighted by molar-refractivity contribution is 0.159. The quantitative estimate of drug-likeness (QED) is 0.811. The van der Waals surface area contributed by atoms with Crippen LogP contribution in [0.1, 0.15) is 6.42 Å². The highest BCUT2D eigenvalue weighted by atomic mass is 16.3. The van der Waals surface area contributed by atoms with Gasteiger partial charge in [-0.15, -0.1) is 0 Å². The van der Waals surface area contributed by atoms with E-state index in [0.717, 1.165) is 26.1 Å². The minimum Gasteiger partial charge on any atom is -0.395 e. The van der Waals surface area contributed by atoms with Gasteiger partial charge in [-0.1, -0.05) is 18.2 Å². The van der Waals surface area contributed by atoms with E-state index in [9.17, 15) is 5.11 Å². The first-order chi connectivity index (χ1) is 7.81. The van der Waals surface area contributed by atoms with Crippen molar-refractivity contribution in [1.29, 1.82) is 0 Å². The molecule has 1 aromatic carbocycles. The third-order valence-electron chi connectivity index (χ3n) is 3.33. The molecule has 3 nitrogen and oxygen atoms in total. The molecule has 1 N–H and O–H groups in total. The number of para-hydroxylation sites is 1. The van der Waals surface area contributed by atoms with Crippen LogP contribution >= 0.6 is 0 Å². The minimum atomic E-state index is 0.236. The zero-order chi connectivity index (χ0) is 11.4. The number of aliphatic hydroxyl groups is 1.